The quantitative estimate of drug-likeness (QED) is 0.716. The van der Waals surface area contributed by atoms with E-state index >= 15 is 0 Å². The Morgan fingerprint density at radius 1 is 1.12 bits per heavy atom. The summed E-state index contributed by atoms with van der Waals surface area (Å²) in [5, 5.41) is 3.80. The number of fused-ring (bicyclic) bond motifs is 1. The van der Waals surface area contributed by atoms with Gasteiger partial charge in [-0.15, -0.1) is 0 Å². The Balaban J connectivity index is 1.61. The van der Waals surface area contributed by atoms with Gasteiger partial charge in [0.15, 0.2) is 0 Å². The third kappa shape index (κ3) is 3.87. The van der Waals surface area contributed by atoms with Gasteiger partial charge < -0.3 is 9.88 Å². The van der Waals surface area contributed by atoms with Gasteiger partial charge in [0.2, 0.25) is 5.91 Å². The lowest BCUT2D eigenvalue weighted by Crippen LogP contribution is -2.23. The molecular weight excluding hydrogens is 322 g/mol. The Hall–Kier alpha value is -2.69. The average Bonchev–Trinajstić information content (AvgIpc) is 3.04. The van der Waals surface area contributed by atoms with Crippen molar-refractivity contribution in [2.75, 3.05) is 0 Å². The highest BCUT2D eigenvalue weighted by Gasteiger charge is 2.09. The summed E-state index contributed by atoms with van der Waals surface area (Å²) in [7, 11) is 0. The minimum absolute atomic E-state index is 0.0150. The number of hydrogen-bond donors (Lipinski definition) is 1. The molecule has 0 bridgehead atoms. The molecule has 0 aliphatic heterocycles. The molecule has 0 saturated heterocycles. The molecule has 1 aromatic heterocycles. The fourth-order valence-electron chi connectivity index (χ4n) is 2.99. The number of rotatable bonds is 6. The third-order valence-electron chi connectivity index (χ3n) is 4.35. The zero-order valence-corrected chi connectivity index (χ0v) is 14.1. The summed E-state index contributed by atoms with van der Waals surface area (Å²) in [6.45, 7) is 2.97. The Morgan fingerprint density at radius 2 is 1.96 bits per heavy atom. The zero-order chi connectivity index (χ0) is 17.8. The van der Waals surface area contributed by atoms with Crippen molar-refractivity contribution in [3.63, 3.8) is 0 Å². The normalized spacial score (nSPS) is 11.0. The Labute approximate surface area is 145 Å². The van der Waals surface area contributed by atoms with Gasteiger partial charge in [0.1, 0.15) is 11.6 Å². The molecule has 3 aromatic rings. The van der Waals surface area contributed by atoms with Crippen LogP contribution in [0.15, 0.2) is 48.7 Å². The lowest BCUT2D eigenvalue weighted by molar-refractivity contribution is -0.121. The SMILES string of the molecule is CCn1ccc2c(CCC(=O)NCc3cc(F)ccc3F)cccc21. The third-order valence-corrected chi connectivity index (χ3v) is 4.35. The number of nitrogens with one attached hydrogen (secondary N) is 1. The molecule has 0 unspecified atom stereocenters. The van der Waals surface area contributed by atoms with E-state index in [9.17, 15) is 13.6 Å². The molecule has 3 nitrogen and oxygen atoms in total. The predicted molar refractivity (Wildman–Crippen MR) is 94.1 cm³/mol. The number of carbonyl (C=O) groups is 1. The van der Waals surface area contributed by atoms with Crippen molar-refractivity contribution in [3.05, 3.63) is 71.4 Å². The van der Waals surface area contributed by atoms with Crippen LogP contribution in [-0.4, -0.2) is 10.5 Å². The van der Waals surface area contributed by atoms with E-state index in [1.54, 1.807) is 0 Å². The summed E-state index contributed by atoms with van der Waals surface area (Å²) in [5.74, 6) is -1.22. The lowest BCUT2D eigenvalue weighted by Gasteiger charge is -2.08. The van der Waals surface area contributed by atoms with Gasteiger partial charge in [0.25, 0.3) is 0 Å². The fraction of sp³-hybridized carbons (Fsp3) is 0.250. The smallest absolute Gasteiger partial charge is 0.220 e. The Bertz CT molecular complexity index is 902. The van der Waals surface area contributed by atoms with Gasteiger partial charge in [0.05, 0.1) is 0 Å². The van der Waals surface area contributed by atoms with Crippen LogP contribution in [-0.2, 0) is 24.3 Å². The van der Waals surface area contributed by atoms with Crippen molar-refractivity contribution in [2.45, 2.75) is 32.9 Å². The van der Waals surface area contributed by atoms with E-state index in [0.29, 0.717) is 12.8 Å². The number of aromatic nitrogens is 1. The van der Waals surface area contributed by atoms with E-state index in [0.717, 1.165) is 41.2 Å². The molecule has 0 saturated carbocycles. The lowest BCUT2D eigenvalue weighted by atomic mass is 10.0. The molecule has 0 aliphatic carbocycles. The molecule has 2 aromatic carbocycles. The minimum Gasteiger partial charge on any atom is -0.352 e. The van der Waals surface area contributed by atoms with E-state index in [2.05, 4.69) is 28.9 Å². The van der Waals surface area contributed by atoms with Crippen LogP contribution >= 0.6 is 0 Å². The highest BCUT2D eigenvalue weighted by molar-refractivity contribution is 5.84. The number of aryl methyl sites for hydroxylation is 2. The van der Waals surface area contributed by atoms with Gasteiger partial charge in [-0.05, 0) is 49.2 Å². The molecule has 5 heteroatoms. The number of amides is 1. The second-order valence-corrected chi connectivity index (χ2v) is 5.96. The molecule has 1 amide bonds. The van der Waals surface area contributed by atoms with E-state index in [-0.39, 0.29) is 18.0 Å². The first-order valence-electron chi connectivity index (χ1n) is 8.36. The van der Waals surface area contributed by atoms with E-state index in [1.807, 2.05) is 18.3 Å². The van der Waals surface area contributed by atoms with Crippen LogP contribution < -0.4 is 5.32 Å². The molecule has 0 aliphatic rings. The van der Waals surface area contributed by atoms with Crippen molar-refractivity contribution < 1.29 is 13.6 Å². The first-order valence-corrected chi connectivity index (χ1v) is 8.36. The molecule has 3 rings (SSSR count). The van der Waals surface area contributed by atoms with Gasteiger partial charge in [-0.2, -0.15) is 0 Å². The maximum absolute atomic E-state index is 13.6. The molecule has 1 N–H and O–H groups in total. The monoisotopic (exact) mass is 342 g/mol. The summed E-state index contributed by atoms with van der Waals surface area (Å²) >= 11 is 0. The van der Waals surface area contributed by atoms with Gasteiger partial charge in [-0.3, -0.25) is 4.79 Å². The number of benzene rings is 2. The van der Waals surface area contributed by atoms with Crippen molar-refractivity contribution in [1.82, 2.24) is 9.88 Å². The van der Waals surface area contributed by atoms with Crippen molar-refractivity contribution in [2.24, 2.45) is 0 Å². The highest BCUT2D eigenvalue weighted by atomic mass is 19.1. The molecule has 0 atom stereocenters. The van der Waals surface area contributed by atoms with Crippen molar-refractivity contribution >= 4 is 16.8 Å². The predicted octanol–water partition coefficient (Wildman–Crippen LogP) is 4.19. The molecule has 0 radical (unpaired) electrons. The maximum atomic E-state index is 13.6. The van der Waals surface area contributed by atoms with E-state index in [1.165, 1.54) is 0 Å². The second-order valence-electron chi connectivity index (χ2n) is 5.96. The Morgan fingerprint density at radius 3 is 2.76 bits per heavy atom. The van der Waals surface area contributed by atoms with Crippen molar-refractivity contribution in [3.8, 4) is 0 Å². The van der Waals surface area contributed by atoms with Crippen LogP contribution in [0, 0.1) is 11.6 Å². The van der Waals surface area contributed by atoms with E-state index in [4.69, 9.17) is 0 Å². The second kappa shape index (κ2) is 7.47. The van der Waals surface area contributed by atoms with E-state index < -0.39 is 11.6 Å². The number of carbonyl (C=O) groups excluding carboxylic acids is 1. The minimum atomic E-state index is -0.521. The molecular formula is C20H20F2N2O. The van der Waals surface area contributed by atoms with Crippen LogP contribution in [0.25, 0.3) is 10.9 Å². The van der Waals surface area contributed by atoms with Crippen LogP contribution in [0.2, 0.25) is 0 Å². The molecule has 130 valence electrons. The standard InChI is InChI=1S/C20H20F2N2O/c1-2-24-11-10-17-14(4-3-5-19(17)24)6-9-20(25)23-13-15-12-16(21)7-8-18(15)22/h3-5,7-8,10-12H,2,6,9,13H2,1H3,(H,23,25). The van der Waals surface area contributed by atoms with Gasteiger partial charge >= 0.3 is 0 Å². The Kier molecular flexibility index (Phi) is 5.12. The van der Waals surface area contributed by atoms with Gasteiger partial charge in [0, 0.05) is 42.2 Å². The van der Waals surface area contributed by atoms with Crippen LogP contribution in [0.3, 0.4) is 0 Å². The summed E-state index contributed by atoms with van der Waals surface area (Å²) in [5.41, 5.74) is 2.41. The van der Waals surface area contributed by atoms with Gasteiger partial charge in [-0.25, -0.2) is 8.78 Å². The summed E-state index contributed by atoms with van der Waals surface area (Å²) < 4.78 is 28.9. The number of halogens is 2. The maximum Gasteiger partial charge on any atom is 0.220 e. The fourth-order valence-corrected chi connectivity index (χ4v) is 2.99. The first-order chi connectivity index (χ1) is 12.1. The number of nitrogens with zero attached hydrogens (tertiary/aromatic N) is 1. The summed E-state index contributed by atoms with van der Waals surface area (Å²) in [6.07, 6.45) is 2.94. The number of hydrogen-bond acceptors (Lipinski definition) is 1. The molecule has 1 heterocycles. The highest BCUT2D eigenvalue weighted by Crippen LogP contribution is 2.21. The van der Waals surface area contributed by atoms with Crippen LogP contribution in [0.5, 0.6) is 0 Å². The molecule has 25 heavy (non-hydrogen) atoms. The molecule has 0 fully saturated rings. The summed E-state index contributed by atoms with van der Waals surface area (Å²) in [4.78, 5) is 12.1. The zero-order valence-electron chi connectivity index (χ0n) is 14.1. The van der Waals surface area contributed by atoms with Crippen LogP contribution in [0.1, 0.15) is 24.5 Å². The van der Waals surface area contributed by atoms with Crippen molar-refractivity contribution in [1.29, 1.82) is 0 Å². The average molecular weight is 342 g/mol. The topological polar surface area (TPSA) is 34.0 Å². The first kappa shape index (κ1) is 17.1. The summed E-state index contributed by atoms with van der Waals surface area (Å²) in [6, 6.07) is 11.4. The van der Waals surface area contributed by atoms with Gasteiger partial charge in [-0.1, -0.05) is 12.1 Å². The molecule has 0 spiro atoms. The van der Waals surface area contributed by atoms with Crippen LogP contribution in [0.4, 0.5) is 8.78 Å². The largest absolute Gasteiger partial charge is 0.352 e.